The highest BCUT2D eigenvalue weighted by Crippen LogP contribution is 2.49. The minimum atomic E-state index is -1.08. The number of fused-ring (bicyclic) bond motifs is 1. The molecule has 0 saturated heterocycles. The number of hydrogen-bond acceptors (Lipinski definition) is 7. The third kappa shape index (κ3) is 8.55. The van der Waals surface area contributed by atoms with Crippen LogP contribution in [0.3, 0.4) is 0 Å². The lowest BCUT2D eigenvalue weighted by Crippen LogP contribution is -2.35. The van der Waals surface area contributed by atoms with Crippen molar-refractivity contribution in [2.75, 3.05) is 49.3 Å². The van der Waals surface area contributed by atoms with Gasteiger partial charge < -0.3 is 34.2 Å². The number of benzene rings is 6. The molecule has 316 valence electrons. The first kappa shape index (κ1) is 42.2. The van der Waals surface area contributed by atoms with Crippen molar-refractivity contribution in [1.82, 2.24) is 9.80 Å². The summed E-state index contributed by atoms with van der Waals surface area (Å²) in [6.07, 6.45) is -1.08. The topological polar surface area (TPSA) is 68.7 Å². The molecule has 2 aliphatic heterocycles. The zero-order valence-corrected chi connectivity index (χ0v) is 36.6. The van der Waals surface area contributed by atoms with Gasteiger partial charge in [-0.3, -0.25) is 4.79 Å². The largest absolute Gasteiger partial charge is 0.380 e. The lowest BCUT2D eigenvalue weighted by molar-refractivity contribution is -0.123. The van der Waals surface area contributed by atoms with Crippen LogP contribution in [0.25, 0.3) is 11.4 Å². The summed E-state index contributed by atoms with van der Waals surface area (Å²) in [5.74, 6) is -0.155. The third-order valence-electron chi connectivity index (χ3n) is 11.6. The van der Waals surface area contributed by atoms with E-state index in [-0.39, 0.29) is 5.91 Å². The Morgan fingerprint density at radius 2 is 0.806 bits per heavy atom. The molecule has 6 aromatic carbocycles. The van der Waals surface area contributed by atoms with Gasteiger partial charge in [-0.2, -0.15) is 0 Å². The highest BCUT2D eigenvalue weighted by atomic mass is 16.5. The van der Waals surface area contributed by atoms with E-state index in [1.54, 1.807) is 4.90 Å². The summed E-state index contributed by atoms with van der Waals surface area (Å²) in [6.45, 7) is 14.9. The van der Waals surface area contributed by atoms with Crippen LogP contribution in [0.5, 0.6) is 0 Å². The molecule has 0 aliphatic carbocycles. The minimum absolute atomic E-state index is 0.155. The lowest BCUT2D eigenvalue weighted by atomic mass is 10.0. The second-order valence-corrected chi connectivity index (χ2v) is 16.0. The first-order valence-electron chi connectivity index (χ1n) is 21.7. The first-order valence-corrected chi connectivity index (χ1v) is 21.7. The molecule has 0 spiro atoms. The van der Waals surface area contributed by atoms with Crippen molar-refractivity contribution in [3.05, 3.63) is 190 Å². The molecular weight excluding hydrogens is 769 g/mol. The molecule has 1 unspecified atom stereocenters. The Hall–Kier alpha value is -6.45. The molecule has 0 radical (unpaired) electrons. The molecule has 0 aromatic heterocycles. The Balaban J connectivity index is 1.23. The fourth-order valence-corrected chi connectivity index (χ4v) is 8.40. The van der Waals surface area contributed by atoms with Gasteiger partial charge in [0.05, 0.1) is 30.2 Å². The van der Waals surface area contributed by atoms with Crippen LogP contribution in [0.15, 0.2) is 157 Å². The van der Waals surface area contributed by atoms with Gasteiger partial charge >= 0.3 is 0 Å². The van der Waals surface area contributed by atoms with Crippen LogP contribution in [-0.4, -0.2) is 66.6 Å². The summed E-state index contributed by atoms with van der Waals surface area (Å²) >= 11 is 0. The minimum Gasteiger partial charge on any atom is -0.380 e. The summed E-state index contributed by atoms with van der Waals surface area (Å²) < 4.78 is 11.7. The maximum absolute atomic E-state index is 15.0. The molecule has 0 bridgehead atoms. The Morgan fingerprint density at radius 1 is 0.484 bits per heavy atom. The monoisotopic (exact) mass is 824 g/mol. The van der Waals surface area contributed by atoms with E-state index in [1.165, 1.54) is 22.3 Å². The van der Waals surface area contributed by atoms with E-state index in [1.807, 2.05) is 18.7 Å². The Labute approximate surface area is 366 Å². The summed E-state index contributed by atoms with van der Waals surface area (Å²) in [4.78, 5) is 23.1. The third-order valence-corrected chi connectivity index (χ3v) is 11.6. The number of rotatable bonds is 16. The fraction of sp³-hybridized carbons (Fsp3) is 0.241. The van der Waals surface area contributed by atoms with E-state index >= 15 is 0 Å². The summed E-state index contributed by atoms with van der Waals surface area (Å²) in [5, 5.41) is 12.4. The average molecular weight is 825 g/mol. The van der Waals surface area contributed by atoms with E-state index in [0.717, 1.165) is 45.3 Å². The highest BCUT2D eigenvalue weighted by Gasteiger charge is 2.48. The van der Waals surface area contributed by atoms with Crippen LogP contribution in [0.2, 0.25) is 0 Å². The second-order valence-electron chi connectivity index (χ2n) is 16.0. The van der Waals surface area contributed by atoms with Crippen molar-refractivity contribution in [3.63, 3.8) is 0 Å². The molecule has 8 heteroatoms. The number of nitrogens with zero attached hydrogens (tertiary/aromatic N) is 4. The second kappa shape index (κ2) is 18.7. The SMILES string of the molecule is CCOCCN1C(=O)C2=C(c3ccc(N(c4ccc(C)cc4)c4ccc(C)cc4)cc3)N(CCOCC)C(O)C2=C1c1ccc(N(c2ccc(C)cc2)c2ccc(C)cc2)cc1. The van der Waals surface area contributed by atoms with Crippen LogP contribution >= 0.6 is 0 Å². The molecule has 1 amide bonds. The van der Waals surface area contributed by atoms with E-state index in [9.17, 15) is 9.90 Å². The summed E-state index contributed by atoms with van der Waals surface area (Å²) in [5.41, 5.74) is 15.1. The number of carbonyl (C=O) groups is 1. The number of anilines is 6. The van der Waals surface area contributed by atoms with Crippen molar-refractivity contribution < 1.29 is 19.4 Å². The molecule has 1 N–H and O–H groups in total. The van der Waals surface area contributed by atoms with Crippen LogP contribution in [0.4, 0.5) is 34.1 Å². The molecule has 0 fully saturated rings. The van der Waals surface area contributed by atoms with Crippen LogP contribution in [-0.2, 0) is 14.3 Å². The van der Waals surface area contributed by atoms with Gasteiger partial charge in [0.1, 0.15) is 0 Å². The van der Waals surface area contributed by atoms with Crippen molar-refractivity contribution >= 4 is 51.4 Å². The zero-order valence-electron chi connectivity index (χ0n) is 36.6. The number of hydrogen-bond donors (Lipinski definition) is 1. The van der Waals surface area contributed by atoms with Crippen LogP contribution in [0.1, 0.15) is 47.2 Å². The molecule has 8 rings (SSSR count). The Bertz CT molecular complexity index is 2460. The number of ether oxygens (including phenoxy) is 2. The van der Waals surface area contributed by atoms with Crippen molar-refractivity contribution in [1.29, 1.82) is 0 Å². The van der Waals surface area contributed by atoms with Crippen LogP contribution < -0.4 is 9.80 Å². The van der Waals surface area contributed by atoms with Gasteiger partial charge in [0.2, 0.25) is 0 Å². The lowest BCUT2D eigenvalue weighted by Gasteiger charge is -2.30. The zero-order chi connectivity index (χ0) is 43.3. The molecule has 8 nitrogen and oxygen atoms in total. The van der Waals surface area contributed by atoms with Gasteiger partial charge in [0.15, 0.2) is 6.23 Å². The predicted molar refractivity (Wildman–Crippen MR) is 252 cm³/mol. The van der Waals surface area contributed by atoms with E-state index in [2.05, 4.69) is 183 Å². The Kier molecular flexibility index (Phi) is 12.7. The standard InChI is InChI=1S/C54H56N4O4/c1-7-61-35-33-55-51(41-17-29-47(30-18-41)57(43-21-9-37(3)10-22-43)44-23-11-38(4)12-24-44)49-50(53(55)59)52(56(54(49)60)34-36-62-8-2)42-19-31-48(32-20-42)58(45-25-13-39(5)14-26-45)46-27-15-40(6)16-28-46/h9-32,53,59H,7-8,33-36H2,1-6H3. The molecule has 2 heterocycles. The van der Waals surface area contributed by atoms with Gasteiger partial charge in [0.25, 0.3) is 5.91 Å². The predicted octanol–water partition coefficient (Wildman–Crippen LogP) is 11.5. The number of amides is 1. The number of carbonyl (C=O) groups excluding carboxylic acids is 1. The quantitative estimate of drug-likeness (QED) is 0.0975. The van der Waals surface area contributed by atoms with Crippen molar-refractivity contribution in [3.8, 4) is 0 Å². The molecule has 2 aliphatic rings. The van der Waals surface area contributed by atoms with E-state index < -0.39 is 6.23 Å². The van der Waals surface area contributed by atoms with Gasteiger partial charge in [0, 0.05) is 66.0 Å². The van der Waals surface area contributed by atoms with Gasteiger partial charge in [-0.1, -0.05) is 95.1 Å². The molecular formula is C54H56N4O4. The summed E-state index contributed by atoms with van der Waals surface area (Å²) in [7, 11) is 0. The first-order chi connectivity index (χ1) is 30.2. The highest BCUT2D eigenvalue weighted by molar-refractivity contribution is 6.16. The van der Waals surface area contributed by atoms with Crippen molar-refractivity contribution in [2.45, 2.75) is 47.8 Å². The molecule has 0 saturated carbocycles. The average Bonchev–Trinajstić information content (AvgIpc) is 3.73. The number of aliphatic hydroxyl groups is 1. The smallest absolute Gasteiger partial charge is 0.261 e. The maximum Gasteiger partial charge on any atom is 0.261 e. The van der Waals surface area contributed by atoms with Gasteiger partial charge in [-0.05, 0) is 125 Å². The van der Waals surface area contributed by atoms with Crippen molar-refractivity contribution in [2.24, 2.45) is 0 Å². The van der Waals surface area contributed by atoms with Crippen LogP contribution in [0, 0.1) is 27.7 Å². The molecule has 6 aromatic rings. The normalized spacial score (nSPS) is 14.9. The van der Waals surface area contributed by atoms with E-state index in [0.29, 0.717) is 62.1 Å². The number of aryl methyl sites for hydroxylation is 4. The number of aliphatic hydroxyl groups excluding tert-OH is 1. The Morgan fingerprint density at radius 3 is 1.16 bits per heavy atom. The van der Waals surface area contributed by atoms with Gasteiger partial charge in [-0.25, -0.2) is 0 Å². The fourth-order valence-electron chi connectivity index (χ4n) is 8.40. The molecule has 62 heavy (non-hydrogen) atoms. The van der Waals surface area contributed by atoms with E-state index in [4.69, 9.17) is 9.47 Å². The van der Waals surface area contributed by atoms with Gasteiger partial charge in [-0.15, -0.1) is 0 Å². The maximum atomic E-state index is 15.0. The summed E-state index contributed by atoms with van der Waals surface area (Å²) in [6, 6.07) is 50.7. The molecule has 1 atom stereocenters.